The van der Waals surface area contributed by atoms with Crippen LogP contribution in [-0.2, 0) is 19.5 Å². The van der Waals surface area contributed by atoms with Crippen LogP contribution in [0.1, 0.15) is 50.2 Å². The van der Waals surface area contributed by atoms with E-state index in [0.29, 0.717) is 0 Å². The maximum absolute atomic E-state index is 6.43. The van der Waals surface area contributed by atoms with Gasteiger partial charge in [0.05, 0.1) is 23.0 Å². The van der Waals surface area contributed by atoms with Crippen molar-refractivity contribution in [3.8, 4) is 0 Å². The third kappa shape index (κ3) is 2.91. The summed E-state index contributed by atoms with van der Waals surface area (Å²) in [4.78, 5) is 0. The van der Waals surface area contributed by atoms with E-state index in [0.717, 1.165) is 42.3 Å². The topological polar surface area (TPSA) is 48.8 Å². The first kappa shape index (κ1) is 15.1. The Morgan fingerprint density at radius 3 is 2.70 bits per heavy atom. The van der Waals surface area contributed by atoms with Gasteiger partial charge in [-0.2, -0.15) is 5.10 Å². The zero-order valence-corrected chi connectivity index (χ0v) is 13.2. The van der Waals surface area contributed by atoms with Crippen molar-refractivity contribution in [1.82, 2.24) is 14.3 Å². The van der Waals surface area contributed by atoms with E-state index in [1.165, 1.54) is 5.56 Å². The third-order valence-electron chi connectivity index (χ3n) is 3.67. The first-order valence-corrected chi connectivity index (χ1v) is 7.63. The fourth-order valence-electron chi connectivity index (χ4n) is 2.35. The van der Waals surface area contributed by atoms with Crippen LogP contribution in [0.5, 0.6) is 0 Å². The van der Waals surface area contributed by atoms with Crippen LogP contribution in [0, 0.1) is 0 Å². The molecule has 4 nitrogen and oxygen atoms in total. The van der Waals surface area contributed by atoms with Gasteiger partial charge in [-0.15, -0.1) is 0 Å². The van der Waals surface area contributed by atoms with Crippen molar-refractivity contribution in [2.45, 2.75) is 52.7 Å². The molecule has 20 heavy (non-hydrogen) atoms. The molecular formula is C15H23ClN4. The Morgan fingerprint density at radius 1 is 1.35 bits per heavy atom. The summed E-state index contributed by atoms with van der Waals surface area (Å²) in [5.74, 6) is 0. The normalized spacial score (nSPS) is 12.8. The number of nitrogens with two attached hydrogens (primary N) is 1. The molecule has 1 unspecified atom stereocenters. The predicted molar refractivity (Wildman–Crippen MR) is 83.0 cm³/mol. The lowest BCUT2D eigenvalue weighted by molar-refractivity contribution is 0.594. The zero-order chi connectivity index (χ0) is 14.7. The van der Waals surface area contributed by atoms with E-state index in [-0.39, 0.29) is 6.04 Å². The smallest absolute Gasteiger partial charge is 0.0868 e. The first-order valence-electron chi connectivity index (χ1n) is 7.25. The molecular weight excluding hydrogens is 272 g/mol. The molecule has 2 N–H and O–H groups in total. The van der Waals surface area contributed by atoms with Crippen LogP contribution in [0.25, 0.3) is 0 Å². The fourth-order valence-corrected chi connectivity index (χ4v) is 2.68. The molecule has 5 heteroatoms. The highest BCUT2D eigenvalue weighted by Crippen LogP contribution is 2.23. The summed E-state index contributed by atoms with van der Waals surface area (Å²) in [7, 11) is 0. The van der Waals surface area contributed by atoms with Gasteiger partial charge in [-0.3, -0.25) is 4.68 Å². The van der Waals surface area contributed by atoms with Crippen molar-refractivity contribution >= 4 is 11.6 Å². The van der Waals surface area contributed by atoms with E-state index in [1.807, 2.05) is 4.68 Å². The molecule has 0 saturated carbocycles. The third-order valence-corrected chi connectivity index (χ3v) is 4.10. The average Bonchev–Trinajstić information content (AvgIpc) is 3.04. The van der Waals surface area contributed by atoms with E-state index in [2.05, 4.69) is 48.9 Å². The van der Waals surface area contributed by atoms with Gasteiger partial charge < -0.3 is 10.3 Å². The van der Waals surface area contributed by atoms with Gasteiger partial charge in [0.2, 0.25) is 0 Å². The van der Waals surface area contributed by atoms with E-state index in [9.17, 15) is 0 Å². The number of aromatic nitrogens is 3. The Bertz CT molecular complexity index is 570. The van der Waals surface area contributed by atoms with Gasteiger partial charge in [0.15, 0.2) is 0 Å². The summed E-state index contributed by atoms with van der Waals surface area (Å²) in [6, 6.07) is 2.18. The van der Waals surface area contributed by atoms with Crippen LogP contribution in [-0.4, -0.2) is 14.3 Å². The Labute approximate surface area is 125 Å². The Balaban J connectivity index is 2.25. The summed E-state index contributed by atoms with van der Waals surface area (Å²) < 4.78 is 4.11. The first-order chi connectivity index (χ1) is 9.60. The van der Waals surface area contributed by atoms with Crippen LogP contribution in [0.15, 0.2) is 18.5 Å². The predicted octanol–water partition coefficient (Wildman–Crippen LogP) is 3.38. The Kier molecular flexibility index (Phi) is 4.89. The molecule has 0 spiro atoms. The molecule has 0 radical (unpaired) electrons. The molecule has 0 fully saturated rings. The minimum absolute atomic E-state index is 0.106. The van der Waals surface area contributed by atoms with Crippen molar-refractivity contribution in [1.29, 1.82) is 0 Å². The van der Waals surface area contributed by atoms with Crippen LogP contribution in [0.3, 0.4) is 0 Å². The lowest BCUT2D eigenvalue weighted by Crippen LogP contribution is -2.09. The number of aryl methyl sites for hydroxylation is 2. The average molecular weight is 295 g/mol. The number of nitrogens with zero attached hydrogens (tertiary/aromatic N) is 3. The summed E-state index contributed by atoms with van der Waals surface area (Å²) in [6.07, 6.45) is 5.96. The number of halogens is 1. The van der Waals surface area contributed by atoms with Gasteiger partial charge in [-0.05, 0) is 31.4 Å². The van der Waals surface area contributed by atoms with Gasteiger partial charge in [-0.25, -0.2) is 0 Å². The molecule has 2 aromatic heterocycles. The maximum Gasteiger partial charge on any atom is 0.0868 e. The standard InChI is InChI=1S/C15H23ClN4/c1-4-12(17)11-7-8-19(9-11)10-14-15(16)13(5-2)18-20(14)6-3/h7-9,12H,4-6,10,17H2,1-3H3. The van der Waals surface area contributed by atoms with Crippen molar-refractivity contribution in [3.05, 3.63) is 40.4 Å². The molecule has 0 aromatic carbocycles. The molecule has 0 bridgehead atoms. The van der Waals surface area contributed by atoms with E-state index in [1.54, 1.807) is 0 Å². The SMILES string of the molecule is CCc1nn(CC)c(Cn2ccc(C(N)CC)c2)c1Cl. The van der Waals surface area contributed by atoms with E-state index >= 15 is 0 Å². The Hall–Kier alpha value is -1.26. The van der Waals surface area contributed by atoms with Crippen LogP contribution >= 0.6 is 11.6 Å². The lowest BCUT2D eigenvalue weighted by Gasteiger charge is -2.08. The van der Waals surface area contributed by atoms with Gasteiger partial charge in [0.1, 0.15) is 0 Å². The van der Waals surface area contributed by atoms with Crippen LogP contribution in [0.2, 0.25) is 5.02 Å². The van der Waals surface area contributed by atoms with Gasteiger partial charge in [0, 0.05) is 25.0 Å². The second kappa shape index (κ2) is 6.46. The van der Waals surface area contributed by atoms with Crippen molar-refractivity contribution in [2.75, 3.05) is 0 Å². The minimum atomic E-state index is 0.106. The maximum atomic E-state index is 6.43. The van der Waals surface area contributed by atoms with Crippen LogP contribution < -0.4 is 5.73 Å². The van der Waals surface area contributed by atoms with E-state index in [4.69, 9.17) is 17.3 Å². The van der Waals surface area contributed by atoms with Gasteiger partial charge in [-0.1, -0.05) is 25.4 Å². The molecule has 1 atom stereocenters. The largest absolute Gasteiger partial charge is 0.348 e. The highest BCUT2D eigenvalue weighted by Gasteiger charge is 2.15. The molecule has 0 aliphatic rings. The number of rotatable bonds is 6. The lowest BCUT2D eigenvalue weighted by atomic mass is 10.1. The summed E-state index contributed by atoms with van der Waals surface area (Å²) in [5, 5.41) is 5.34. The van der Waals surface area contributed by atoms with Gasteiger partial charge in [0.25, 0.3) is 0 Å². The molecule has 110 valence electrons. The van der Waals surface area contributed by atoms with E-state index < -0.39 is 0 Å². The molecule has 2 aromatic rings. The number of hydrogen-bond donors (Lipinski definition) is 1. The molecule has 2 heterocycles. The zero-order valence-electron chi connectivity index (χ0n) is 12.4. The Morgan fingerprint density at radius 2 is 2.10 bits per heavy atom. The molecule has 0 aliphatic carbocycles. The van der Waals surface area contributed by atoms with Crippen molar-refractivity contribution in [3.63, 3.8) is 0 Å². The van der Waals surface area contributed by atoms with Crippen molar-refractivity contribution in [2.24, 2.45) is 5.73 Å². The highest BCUT2D eigenvalue weighted by atomic mass is 35.5. The molecule has 2 rings (SSSR count). The molecule has 0 amide bonds. The highest BCUT2D eigenvalue weighted by molar-refractivity contribution is 6.31. The quantitative estimate of drug-likeness (QED) is 0.888. The summed E-state index contributed by atoms with van der Waals surface area (Å²) in [5.41, 5.74) is 9.27. The monoisotopic (exact) mass is 294 g/mol. The molecule has 0 aliphatic heterocycles. The minimum Gasteiger partial charge on any atom is -0.348 e. The summed E-state index contributed by atoms with van der Waals surface area (Å²) >= 11 is 6.43. The van der Waals surface area contributed by atoms with Crippen molar-refractivity contribution < 1.29 is 0 Å². The second-order valence-electron chi connectivity index (χ2n) is 5.01. The number of hydrogen-bond acceptors (Lipinski definition) is 2. The second-order valence-corrected chi connectivity index (χ2v) is 5.39. The fraction of sp³-hybridized carbons (Fsp3) is 0.533. The van der Waals surface area contributed by atoms with Gasteiger partial charge >= 0.3 is 0 Å². The molecule has 0 saturated heterocycles. The summed E-state index contributed by atoms with van der Waals surface area (Å²) in [6.45, 7) is 7.82. The van der Waals surface area contributed by atoms with Crippen LogP contribution in [0.4, 0.5) is 0 Å².